The highest BCUT2D eigenvalue weighted by atomic mass is 16.1. The van der Waals surface area contributed by atoms with E-state index in [-0.39, 0.29) is 5.78 Å². The fourth-order valence-corrected chi connectivity index (χ4v) is 3.27. The lowest BCUT2D eigenvalue weighted by molar-refractivity contribution is 0.0982. The Bertz CT molecular complexity index is 869. The van der Waals surface area contributed by atoms with Crippen LogP contribution in [0.4, 0.5) is 0 Å². The van der Waals surface area contributed by atoms with E-state index < -0.39 is 0 Å². The highest BCUT2D eigenvalue weighted by molar-refractivity contribution is 6.00. The van der Waals surface area contributed by atoms with Gasteiger partial charge in [-0.1, -0.05) is 74.0 Å². The molecule has 3 aromatic rings. The van der Waals surface area contributed by atoms with E-state index in [4.69, 9.17) is 0 Å². The average molecular weight is 345 g/mol. The smallest absolute Gasteiger partial charge is 0.164 e. The summed E-state index contributed by atoms with van der Waals surface area (Å²) in [5.74, 6) is 0.197. The van der Waals surface area contributed by atoms with Crippen molar-refractivity contribution in [1.29, 1.82) is 0 Å². The van der Waals surface area contributed by atoms with E-state index in [1.165, 1.54) is 29.4 Å². The zero-order valence-electron chi connectivity index (χ0n) is 15.5. The largest absolute Gasteiger partial charge is 0.312 e. The number of ketones is 1. The Morgan fingerprint density at radius 3 is 2.42 bits per heavy atom. The molecule has 0 saturated heterocycles. The van der Waals surface area contributed by atoms with Crippen molar-refractivity contribution in [3.05, 3.63) is 83.4 Å². The SMILES string of the molecule is CCCCc1ccccc1CNCCC(=O)c1ccc2ccccc2c1. The Labute approximate surface area is 156 Å². The Hall–Kier alpha value is -2.45. The van der Waals surface area contributed by atoms with Crippen LogP contribution in [0.3, 0.4) is 0 Å². The van der Waals surface area contributed by atoms with Crippen LogP contribution in [-0.4, -0.2) is 12.3 Å². The first kappa shape index (κ1) is 18.3. The highest BCUT2D eigenvalue weighted by Gasteiger charge is 2.07. The van der Waals surface area contributed by atoms with Crippen LogP contribution in [0, 0.1) is 0 Å². The molecule has 0 saturated carbocycles. The van der Waals surface area contributed by atoms with Gasteiger partial charge in [-0.2, -0.15) is 0 Å². The monoisotopic (exact) mass is 345 g/mol. The molecule has 26 heavy (non-hydrogen) atoms. The normalized spacial score (nSPS) is 11.0. The van der Waals surface area contributed by atoms with Gasteiger partial charge in [0, 0.05) is 25.1 Å². The maximum absolute atomic E-state index is 12.5. The van der Waals surface area contributed by atoms with Gasteiger partial charge < -0.3 is 5.32 Å². The molecule has 3 aromatic carbocycles. The van der Waals surface area contributed by atoms with E-state index in [9.17, 15) is 4.79 Å². The average Bonchev–Trinajstić information content (AvgIpc) is 2.69. The molecular formula is C24H27NO. The number of benzene rings is 3. The molecule has 134 valence electrons. The molecule has 1 N–H and O–H groups in total. The third-order valence-electron chi connectivity index (χ3n) is 4.83. The fraction of sp³-hybridized carbons (Fsp3) is 0.292. The number of Topliss-reactive ketones (excluding diaryl/α,β-unsaturated/α-hetero) is 1. The van der Waals surface area contributed by atoms with Crippen LogP contribution in [0.1, 0.15) is 47.7 Å². The van der Waals surface area contributed by atoms with Gasteiger partial charge in [-0.25, -0.2) is 0 Å². The molecule has 0 amide bonds. The van der Waals surface area contributed by atoms with Crippen molar-refractivity contribution in [2.45, 2.75) is 39.2 Å². The van der Waals surface area contributed by atoms with Crippen molar-refractivity contribution < 1.29 is 4.79 Å². The molecule has 0 fully saturated rings. The van der Waals surface area contributed by atoms with Gasteiger partial charge in [0.05, 0.1) is 0 Å². The first-order chi connectivity index (χ1) is 12.8. The third kappa shape index (κ3) is 4.80. The van der Waals surface area contributed by atoms with E-state index in [1.54, 1.807) is 0 Å². The van der Waals surface area contributed by atoms with E-state index in [0.717, 1.165) is 23.9 Å². The number of hydrogen-bond donors (Lipinski definition) is 1. The summed E-state index contributed by atoms with van der Waals surface area (Å²) in [5.41, 5.74) is 3.57. The standard InChI is InChI=1S/C24H27NO/c1-2-3-8-19-9-5-7-12-23(19)18-25-16-15-24(26)22-14-13-20-10-4-6-11-21(20)17-22/h4-7,9-14,17,25H,2-3,8,15-16,18H2,1H3. The lowest BCUT2D eigenvalue weighted by atomic mass is 10.0. The molecule has 0 heterocycles. The first-order valence-corrected chi connectivity index (χ1v) is 9.57. The second kappa shape index (κ2) is 9.30. The number of nitrogens with one attached hydrogen (secondary N) is 1. The second-order valence-corrected chi connectivity index (χ2v) is 6.78. The number of aryl methyl sites for hydroxylation is 1. The molecule has 2 heteroatoms. The minimum Gasteiger partial charge on any atom is -0.312 e. The van der Waals surface area contributed by atoms with Gasteiger partial charge in [-0.05, 0) is 40.8 Å². The van der Waals surface area contributed by atoms with Crippen molar-refractivity contribution in [3.8, 4) is 0 Å². The quantitative estimate of drug-likeness (QED) is 0.407. The molecule has 2 nitrogen and oxygen atoms in total. The maximum Gasteiger partial charge on any atom is 0.164 e. The van der Waals surface area contributed by atoms with E-state index in [1.807, 2.05) is 30.3 Å². The molecule has 0 atom stereocenters. The van der Waals surface area contributed by atoms with Crippen molar-refractivity contribution in [2.24, 2.45) is 0 Å². The van der Waals surface area contributed by atoms with Gasteiger partial charge in [0.2, 0.25) is 0 Å². The lowest BCUT2D eigenvalue weighted by Gasteiger charge is -2.10. The van der Waals surface area contributed by atoms with Crippen molar-refractivity contribution in [1.82, 2.24) is 5.32 Å². The minimum atomic E-state index is 0.197. The van der Waals surface area contributed by atoms with Gasteiger partial charge in [-0.15, -0.1) is 0 Å². The summed E-state index contributed by atoms with van der Waals surface area (Å²) in [6.45, 7) is 3.75. The Balaban J connectivity index is 1.52. The Kier molecular flexibility index (Phi) is 6.56. The Morgan fingerprint density at radius 2 is 1.62 bits per heavy atom. The van der Waals surface area contributed by atoms with Crippen LogP contribution in [-0.2, 0) is 13.0 Å². The summed E-state index contributed by atoms with van der Waals surface area (Å²) < 4.78 is 0. The highest BCUT2D eigenvalue weighted by Crippen LogP contribution is 2.17. The lowest BCUT2D eigenvalue weighted by Crippen LogP contribution is -2.18. The number of fused-ring (bicyclic) bond motifs is 1. The summed E-state index contributed by atoms with van der Waals surface area (Å²) >= 11 is 0. The van der Waals surface area contributed by atoms with E-state index in [2.05, 4.69) is 48.6 Å². The number of unbranched alkanes of at least 4 members (excludes halogenated alkanes) is 1. The predicted molar refractivity (Wildman–Crippen MR) is 110 cm³/mol. The molecule has 0 radical (unpaired) electrons. The van der Waals surface area contributed by atoms with E-state index >= 15 is 0 Å². The molecular weight excluding hydrogens is 318 g/mol. The van der Waals surface area contributed by atoms with Crippen LogP contribution < -0.4 is 5.32 Å². The summed E-state index contributed by atoms with van der Waals surface area (Å²) in [5, 5.41) is 5.73. The number of carbonyl (C=O) groups is 1. The zero-order valence-corrected chi connectivity index (χ0v) is 15.5. The van der Waals surface area contributed by atoms with Gasteiger partial charge in [0.1, 0.15) is 0 Å². The molecule has 0 aliphatic heterocycles. The van der Waals surface area contributed by atoms with Gasteiger partial charge in [0.15, 0.2) is 5.78 Å². The summed E-state index contributed by atoms with van der Waals surface area (Å²) in [6.07, 6.45) is 4.08. The molecule has 3 rings (SSSR count). The van der Waals surface area contributed by atoms with Crippen LogP contribution in [0.2, 0.25) is 0 Å². The van der Waals surface area contributed by atoms with Crippen LogP contribution in [0.15, 0.2) is 66.7 Å². The second-order valence-electron chi connectivity index (χ2n) is 6.78. The van der Waals surface area contributed by atoms with Crippen molar-refractivity contribution in [3.63, 3.8) is 0 Å². The third-order valence-corrected chi connectivity index (χ3v) is 4.83. The van der Waals surface area contributed by atoms with Gasteiger partial charge >= 0.3 is 0 Å². The molecule has 0 bridgehead atoms. The summed E-state index contributed by atoms with van der Waals surface area (Å²) in [4.78, 5) is 12.5. The maximum atomic E-state index is 12.5. The Morgan fingerprint density at radius 1 is 0.885 bits per heavy atom. The number of hydrogen-bond acceptors (Lipinski definition) is 2. The van der Waals surface area contributed by atoms with Crippen LogP contribution in [0.25, 0.3) is 10.8 Å². The number of rotatable bonds is 9. The topological polar surface area (TPSA) is 29.1 Å². The van der Waals surface area contributed by atoms with Gasteiger partial charge in [-0.3, -0.25) is 4.79 Å². The molecule has 0 unspecified atom stereocenters. The predicted octanol–water partition coefficient (Wildman–Crippen LogP) is 5.55. The van der Waals surface area contributed by atoms with Crippen molar-refractivity contribution >= 4 is 16.6 Å². The van der Waals surface area contributed by atoms with Crippen LogP contribution >= 0.6 is 0 Å². The summed E-state index contributed by atoms with van der Waals surface area (Å²) in [7, 11) is 0. The van der Waals surface area contributed by atoms with E-state index in [0.29, 0.717) is 13.0 Å². The van der Waals surface area contributed by atoms with Gasteiger partial charge in [0.25, 0.3) is 0 Å². The molecule has 0 aliphatic rings. The summed E-state index contributed by atoms with van der Waals surface area (Å²) in [6, 6.07) is 22.7. The molecule has 0 aromatic heterocycles. The number of carbonyl (C=O) groups excluding carboxylic acids is 1. The minimum absolute atomic E-state index is 0.197. The van der Waals surface area contributed by atoms with Crippen molar-refractivity contribution in [2.75, 3.05) is 6.54 Å². The zero-order chi connectivity index (χ0) is 18.2. The first-order valence-electron chi connectivity index (χ1n) is 9.57. The fourth-order valence-electron chi connectivity index (χ4n) is 3.27. The van der Waals surface area contributed by atoms with Crippen LogP contribution in [0.5, 0.6) is 0 Å². The molecule has 0 aliphatic carbocycles. The molecule has 0 spiro atoms.